The Hall–Kier alpha value is -0.940. The molecule has 25 heavy (non-hydrogen) atoms. The van der Waals surface area contributed by atoms with Crippen LogP contribution in [0.3, 0.4) is 0 Å². The Balaban J connectivity index is 1.52. The highest BCUT2D eigenvalue weighted by Gasteiger charge is 2.35. The predicted molar refractivity (Wildman–Crippen MR) is 97.3 cm³/mol. The standard InChI is InChI=1S/C20H35NO4/c1-13(2)20(23)15-11-16(12-15)21-19(22)9-10-24-17-5-7-18(8-6-17)25-14(3)4/h13-18H,5-12H2,1-4H3,(H,21,22). The van der Waals surface area contributed by atoms with Gasteiger partial charge in [-0.3, -0.25) is 9.59 Å². The van der Waals surface area contributed by atoms with E-state index in [2.05, 4.69) is 19.2 Å². The zero-order valence-electron chi connectivity index (χ0n) is 16.3. The molecule has 2 aliphatic carbocycles. The molecule has 0 aliphatic heterocycles. The van der Waals surface area contributed by atoms with Gasteiger partial charge in [-0.1, -0.05) is 13.8 Å². The van der Waals surface area contributed by atoms with Crippen LogP contribution in [0.5, 0.6) is 0 Å². The lowest BCUT2D eigenvalue weighted by Crippen LogP contribution is -2.47. The number of carbonyl (C=O) groups excluding carboxylic acids is 2. The van der Waals surface area contributed by atoms with Crippen molar-refractivity contribution in [2.45, 2.75) is 97.0 Å². The van der Waals surface area contributed by atoms with Crippen LogP contribution in [0.1, 0.15) is 72.6 Å². The summed E-state index contributed by atoms with van der Waals surface area (Å²) in [7, 11) is 0. The van der Waals surface area contributed by atoms with Crippen LogP contribution in [0, 0.1) is 11.8 Å². The van der Waals surface area contributed by atoms with Crippen molar-refractivity contribution in [3.8, 4) is 0 Å². The average molecular weight is 354 g/mol. The third kappa shape index (κ3) is 6.70. The van der Waals surface area contributed by atoms with Gasteiger partial charge in [-0.2, -0.15) is 0 Å². The monoisotopic (exact) mass is 353 g/mol. The maximum Gasteiger partial charge on any atom is 0.222 e. The van der Waals surface area contributed by atoms with Gasteiger partial charge in [0.1, 0.15) is 5.78 Å². The Morgan fingerprint density at radius 3 is 2.16 bits per heavy atom. The second-order valence-corrected chi connectivity index (χ2v) is 8.19. The average Bonchev–Trinajstić information content (AvgIpc) is 2.51. The molecule has 5 heteroatoms. The van der Waals surface area contributed by atoms with E-state index in [4.69, 9.17) is 9.47 Å². The summed E-state index contributed by atoms with van der Waals surface area (Å²) in [6.45, 7) is 8.50. The normalized spacial score (nSPS) is 29.5. The molecule has 2 fully saturated rings. The van der Waals surface area contributed by atoms with E-state index in [9.17, 15) is 9.59 Å². The molecule has 0 spiro atoms. The van der Waals surface area contributed by atoms with Crippen LogP contribution in [-0.2, 0) is 19.1 Å². The van der Waals surface area contributed by atoms with Gasteiger partial charge in [-0.05, 0) is 52.4 Å². The molecule has 0 heterocycles. The molecular weight excluding hydrogens is 318 g/mol. The van der Waals surface area contributed by atoms with Crippen molar-refractivity contribution in [3.63, 3.8) is 0 Å². The summed E-state index contributed by atoms with van der Waals surface area (Å²) >= 11 is 0. The zero-order chi connectivity index (χ0) is 18.4. The minimum absolute atomic E-state index is 0.0391. The molecular formula is C20H35NO4. The van der Waals surface area contributed by atoms with Crippen molar-refractivity contribution in [1.29, 1.82) is 0 Å². The summed E-state index contributed by atoms with van der Waals surface area (Å²) in [6.07, 6.45) is 7.02. The molecule has 2 rings (SSSR count). The molecule has 0 aromatic rings. The van der Waals surface area contributed by atoms with E-state index in [-0.39, 0.29) is 36.0 Å². The third-order valence-corrected chi connectivity index (χ3v) is 5.24. The summed E-state index contributed by atoms with van der Waals surface area (Å²) in [6, 6.07) is 0.170. The molecule has 0 aromatic heterocycles. The maximum absolute atomic E-state index is 12.0. The van der Waals surface area contributed by atoms with E-state index in [1.165, 1.54) is 0 Å². The van der Waals surface area contributed by atoms with Crippen molar-refractivity contribution in [2.24, 2.45) is 11.8 Å². The molecule has 0 aromatic carbocycles. The van der Waals surface area contributed by atoms with Crippen LogP contribution in [0.25, 0.3) is 0 Å². The molecule has 0 unspecified atom stereocenters. The smallest absolute Gasteiger partial charge is 0.222 e. The molecule has 1 amide bonds. The first kappa shape index (κ1) is 20.4. The molecule has 144 valence electrons. The Morgan fingerprint density at radius 1 is 1.00 bits per heavy atom. The van der Waals surface area contributed by atoms with Gasteiger partial charge in [-0.15, -0.1) is 0 Å². The topological polar surface area (TPSA) is 64.6 Å². The molecule has 0 saturated heterocycles. The maximum atomic E-state index is 12.0. The number of ketones is 1. The van der Waals surface area contributed by atoms with Crippen LogP contribution in [-0.4, -0.2) is 42.7 Å². The summed E-state index contributed by atoms with van der Waals surface area (Å²) in [4.78, 5) is 23.8. The van der Waals surface area contributed by atoms with Crippen molar-refractivity contribution < 1.29 is 19.1 Å². The highest BCUT2D eigenvalue weighted by Crippen LogP contribution is 2.30. The third-order valence-electron chi connectivity index (χ3n) is 5.24. The predicted octanol–water partition coefficient (Wildman–Crippen LogP) is 3.25. The van der Waals surface area contributed by atoms with E-state index in [0.717, 1.165) is 38.5 Å². The first-order valence-electron chi connectivity index (χ1n) is 9.95. The van der Waals surface area contributed by atoms with E-state index >= 15 is 0 Å². The van der Waals surface area contributed by atoms with Gasteiger partial charge >= 0.3 is 0 Å². The fraction of sp³-hybridized carbons (Fsp3) is 0.900. The number of amides is 1. The summed E-state index contributed by atoms with van der Waals surface area (Å²) in [5.74, 6) is 0.601. The van der Waals surface area contributed by atoms with Crippen molar-refractivity contribution >= 4 is 11.7 Å². The summed E-state index contributed by atoms with van der Waals surface area (Å²) < 4.78 is 11.7. The van der Waals surface area contributed by atoms with Crippen LogP contribution in [0.15, 0.2) is 0 Å². The number of Topliss-reactive ketones (excluding diaryl/α,β-unsaturated/α-hetero) is 1. The van der Waals surface area contributed by atoms with Crippen LogP contribution in [0.4, 0.5) is 0 Å². The fourth-order valence-electron chi connectivity index (χ4n) is 3.78. The molecule has 5 nitrogen and oxygen atoms in total. The second-order valence-electron chi connectivity index (χ2n) is 8.19. The van der Waals surface area contributed by atoms with E-state index in [1.807, 2.05) is 13.8 Å². The first-order valence-corrected chi connectivity index (χ1v) is 9.95. The quantitative estimate of drug-likeness (QED) is 0.691. The zero-order valence-corrected chi connectivity index (χ0v) is 16.3. The molecule has 0 atom stereocenters. The van der Waals surface area contributed by atoms with Crippen molar-refractivity contribution in [2.75, 3.05) is 6.61 Å². The fourth-order valence-corrected chi connectivity index (χ4v) is 3.78. The molecule has 1 N–H and O–H groups in total. The molecule has 2 saturated carbocycles. The Labute approximate surface area is 152 Å². The summed E-state index contributed by atoms with van der Waals surface area (Å²) in [5.41, 5.74) is 0. The largest absolute Gasteiger partial charge is 0.378 e. The summed E-state index contributed by atoms with van der Waals surface area (Å²) in [5, 5.41) is 3.02. The number of rotatable bonds is 9. The van der Waals surface area contributed by atoms with E-state index < -0.39 is 0 Å². The minimum atomic E-state index is 0.0391. The molecule has 2 aliphatic rings. The lowest BCUT2D eigenvalue weighted by molar-refractivity contribution is -0.131. The van der Waals surface area contributed by atoms with Gasteiger partial charge in [-0.25, -0.2) is 0 Å². The highest BCUT2D eigenvalue weighted by atomic mass is 16.5. The second kappa shape index (κ2) is 9.67. The van der Waals surface area contributed by atoms with E-state index in [0.29, 0.717) is 24.9 Å². The van der Waals surface area contributed by atoms with Gasteiger partial charge in [0.25, 0.3) is 0 Å². The number of carbonyl (C=O) groups is 2. The molecule has 0 radical (unpaired) electrons. The van der Waals surface area contributed by atoms with Gasteiger partial charge < -0.3 is 14.8 Å². The number of hydrogen-bond donors (Lipinski definition) is 1. The van der Waals surface area contributed by atoms with Crippen molar-refractivity contribution in [3.05, 3.63) is 0 Å². The first-order chi connectivity index (χ1) is 11.8. The Bertz CT molecular complexity index is 435. The van der Waals surface area contributed by atoms with Crippen LogP contribution in [0.2, 0.25) is 0 Å². The molecule has 0 bridgehead atoms. The highest BCUT2D eigenvalue weighted by molar-refractivity contribution is 5.84. The van der Waals surface area contributed by atoms with Gasteiger partial charge in [0.05, 0.1) is 24.9 Å². The lowest BCUT2D eigenvalue weighted by Gasteiger charge is -2.35. The number of hydrogen-bond acceptors (Lipinski definition) is 4. The van der Waals surface area contributed by atoms with E-state index in [1.54, 1.807) is 0 Å². The Morgan fingerprint density at radius 2 is 1.60 bits per heavy atom. The lowest BCUT2D eigenvalue weighted by atomic mass is 9.75. The van der Waals surface area contributed by atoms with Crippen LogP contribution < -0.4 is 5.32 Å². The minimum Gasteiger partial charge on any atom is -0.378 e. The Kier molecular flexibility index (Phi) is 7.88. The van der Waals surface area contributed by atoms with Gasteiger partial charge in [0.15, 0.2) is 0 Å². The number of ether oxygens (including phenoxy) is 2. The van der Waals surface area contributed by atoms with Crippen molar-refractivity contribution in [1.82, 2.24) is 5.32 Å². The number of nitrogens with one attached hydrogen (secondary N) is 1. The van der Waals surface area contributed by atoms with Crippen LogP contribution >= 0.6 is 0 Å². The van der Waals surface area contributed by atoms with Gasteiger partial charge in [0.2, 0.25) is 5.91 Å². The SMILES string of the molecule is CC(C)OC1CCC(OCCC(=O)NC2CC(C(=O)C(C)C)C2)CC1. The van der Waals surface area contributed by atoms with Gasteiger partial charge in [0, 0.05) is 24.3 Å².